The Morgan fingerprint density at radius 3 is 2.76 bits per heavy atom. The second-order valence-corrected chi connectivity index (χ2v) is 4.39. The molecule has 0 radical (unpaired) electrons. The SMILES string of the molecule is COc1ccc(Oc2c(CN)c(C)nn2C)cc1[N+](=O)[O-]. The Bertz CT molecular complexity index is 681. The van der Waals surface area contributed by atoms with Gasteiger partial charge in [0.05, 0.1) is 29.4 Å². The van der Waals surface area contributed by atoms with Gasteiger partial charge in [-0.3, -0.25) is 10.1 Å². The van der Waals surface area contributed by atoms with Crippen LogP contribution in [-0.2, 0) is 13.6 Å². The monoisotopic (exact) mass is 292 g/mol. The van der Waals surface area contributed by atoms with Crippen molar-refractivity contribution in [3.05, 3.63) is 39.6 Å². The van der Waals surface area contributed by atoms with Gasteiger partial charge in [-0.1, -0.05) is 0 Å². The number of nitrogens with two attached hydrogens (primary N) is 1. The lowest BCUT2D eigenvalue weighted by Crippen LogP contribution is -2.02. The maximum absolute atomic E-state index is 11.0. The van der Waals surface area contributed by atoms with Crippen LogP contribution < -0.4 is 15.2 Å². The van der Waals surface area contributed by atoms with Crippen LogP contribution in [-0.4, -0.2) is 21.8 Å². The van der Waals surface area contributed by atoms with E-state index in [4.69, 9.17) is 15.2 Å². The Morgan fingerprint density at radius 2 is 2.19 bits per heavy atom. The van der Waals surface area contributed by atoms with Gasteiger partial charge >= 0.3 is 5.69 Å². The minimum atomic E-state index is -0.524. The van der Waals surface area contributed by atoms with Crippen LogP contribution in [0.25, 0.3) is 0 Å². The van der Waals surface area contributed by atoms with E-state index in [9.17, 15) is 10.1 Å². The first-order valence-corrected chi connectivity index (χ1v) is 6.20. The number of nitro groups is 1. The first-order valence-electron chi connectivity index (χ1n) is 6.20. The molecule has 0 unspecified atom stereocenters. The average molecular weight is 292 g/mol. The number of nitro benzene ring substituents is 1. The number of hydrogen-bond donors (Lipinski definition) is 1. The van der Waals surface area contributed by atoms with Gasteiger partial charge in [0.15, 0.2) is 5.75 Å². The number of aromatic nitrogens is 2. The molecule has 1 heterocycles. The molecule has 8 heteroatoms. The predicted octanol–water partition coefficient (Wildman–Crippen LogP) is 1.90. The summed E-state index contributed by atoms with van der Waals surface area (Å²) in [6.07, 6.45) is 0. The van der Waals surface area contributed by atoms with Crippen molar-refractivity contribution >= 4 is 5.69 Å². The van der Waals surface area contributed by atoms with Crippen molar-refractivity contribution in [3.8, 4) is 17.4 Å². The second-order valence-electron chi connectivity index (χ2n) is 4.39. The Labute approximate surface area is 121 Å². The van der Waals surface area contributed by atoms with E-state index in [1.165, 1.54) is 19.2 Å². The van der Waals surface area contributed by atoms with Gasteiger partial charge in [0.1, 0.15) is 5.75 Å². The first kappa shape index (κ1) is 14.8. The molecule has 2 N–H and O–H groups in total. The number of nitrogens with zero attached hydrogens (tertiary/aromatic N) is 3. The largest absolute Gasteiger partial charge is 0.490 e. The maximum Gasteiger partial charge on any atom is 0.314 e. The molecule has 0 spiro atoms. The summed E-state index contributed by atoms with van der Waals surface area (Å²) in [6.45, 7) is 2.10. The first-order chi connectivity index (χ1) is 9.97. The van der Waals surface area contributed by atoms with Gasteiger partial charge in [0, 0.05) is 13.6 Å². The standard InChI is InChI=1S/C13H16N4O4/c1-8-10(7-14)13(16(2)15-8)21-9-4-5-12(20-3)11(6-9)17(18)19/h4-6H,7,14H2,1-3H3. The molecule has 0 amide bonds. The predicted molar refractivity (Wildman–Crippen MR) is 75.6 cm³/mol. The summed E-state index contributed by atoms with van der Waals surface area (Å²) in [6, 6.07) is 4.38. The molecule has 0 saturated carbocycles. The summed E-state index contributed by atoms with van der Waals surface area (Å²) < 4.78 is 12.2. The van der Waals surface area contributed by atoms with Gasteiger partial charge in [-0.25, -0.2) is 4.68 Å². The van der Waals surface area contributed by atoms with Crippen molar-refractivity contribution in [2.45, 2.75) is 13.5 Å². The molecule has 1 aromatic carbocycles. The quantitative estimate of drug-likeness (QED) is 0.666. The van der Waals surface area contributed by atoms with E-state index in [1.54, 1.807) is 17.8 Å². The third-order valence-electron chi connectivity index (χ3n) is 3.05. The summed E-state index contributed by atoms with van der Waals surface area (Å²) in [4.78, 5) is 10.5. The van der Waals surface area contributed by atoms with Gasteiger partial charge in [-0.05, 0) is 19.1 Å². The van der Waals surface area contributed by atoms with Crippen LogP contribution in [0.15, 0.2) is 18.2 Å². The Balaban J connectivity index is 2.41. The fourth-order valence-electron chi connectivity index (χ4n) is 2.03. The van der Waals surface area contributed by atoms with Crippen LogP contribution in [0.1, 0.15) is 11.3 Å². The van der Waals surface area contributed by atoms with Crippen LogP contribution in [0.2, 0.25) is 0 Å². The zero-order valence-electron chi connectivity index (χ0n) is 12.0. The maximum atomic E-state index is 11.0. The zero-order valence-corrected chi connectivity index (χ0v) is 12.0. The van der Waals surface area contributed by atoms with Crippen molar-refractivity contribution in [3.63, 3.8) is 0 Å². The Hall–Kier alpha value is -2.61. The molecule has 0 bridgehead atoms. The number of rotatable bonds is 5. The molecule has 0 saturated heterocycles. The minimum absolute atomic E-state index is 0.164. The fourth-order valence-corrected chi connectivity index (χ4v) is 2.03. The molecule has 0 aliphatic carbocycles. The third kappa shape index (κ3) is 2.79. The lowest BCUT2D eigenvalue weighted by molar-refractivity contribution is -0.385. The minimum Gasteiger partial charge on any atom is -0.490 e. The normalized spacial score (nSPS) is 10.5. The van der Waals surface area contributed by atoms with Crippen LogP contribution in [0, 0.1) is 17.0 Å². The molecule has 112 valence electrons. The van der Waals surface area contributed by atoms with Crippen LogP contribution in [0.3, 0.4) is 0 Å². The number of hydrogen-bond acceptors (Lipinski definition) is 6. The Morgan fingerprint density at radius 1 is 1.48 bits per heavy atom. The summed E-state index contributed by atoms with van der Waals surface area (Å²) in [7, 11) is 3.10. The fraction of sp³-hybridized carbons (Fsp3) is 0.308. The lowest BCUT2D eigenvalue weighted by atomic mass is 10.2. The zero-order chi connectivity index (χ0) is 15.6. The summed E-state index contributed by atoms with van der Waals surface area (Å²) >= 11 is 0. The highest BCUT2D eigenvalue weighted by Crippen LogP contribution is 2.34. The molecule has 2 aromatic rings. The van der Waals surface area contributed by atoms with Gasteiger partial charge in [0.25, 0.3) is 0 Å². The van der Waals surface area contributed by atoms with Crippen molar-refractivity contribution < 1.29 is 14.4 Å². The van der Waals surface area contributed by atoms with E-state index in [-0.39, 0.29) is 18.0 Å². The molecule has 2 rings (SSSR count). The van der Waals surface area contributed by atoms with Gasteiger partial charge < -0.3 is 15.2 Å². The molecule has 0 fully saturated rings. The van der Waals surface area contributed by atoms with Gasteiger partial charge in [0.2, 0.25) is 5.88 Å². The summed E-state index contributed by atoms with van der Waals surface area (Å²) in [5, 5.41) is 15.2. The Kier molecular flexibility index (Phi) is 4.08. The highest BCUT2D eigenvalue weighted by Gasteiger charge is 2.19. The lowest BCUT2D eigenvalue weighted by Gasteiger charge is -2.09. The second kappa shape index (κ2) is 5.80. The average Bonchev–Trinajstić information content (AvgIpc) is 2.72. The number of methoxy groups -OCH3 is 1. The van der Waals surface area contributed by atoms with Crippen molar-refractivity contribution in [1.29, 1.82) is 0 Å². The molecule has 0 atom stereocenters. The molecule has 21 heavy (non-hydrogen) atoms. The highest BCUT2D eigenvalue weighted by atomic mass is 16.6. The molecule has 0 aliphatic rings. The van der Waals surface area contributed by atoms with Crippen LogP contribution in [0.4, 0.5) is 5.69 Å². The van der Waals surface area contributed by atoms with Gasteiger partial charge in [-0.15, -0.1) is 0 Å². The van der Waals surface area contributed by atoms with E-state index < -0.39 is 4.92 Å². The van der Waals surface area contributed by atoms with E-state index in [0.717, 1.165) is 11.3 Å². The molecular formula is C13H16N4O4. The number of ether oxygens (including phenoxy) is 2. The van der Waals surface area contributed by atoms with E-state index >= 15 is 0 Å². The summed E-state index contributed by atoms with van der Waals surface area (Å²) in [5.41, 5.74) is 7.04. The highest BCUT2D eigenvalue weighted by molar-refractivity contribution is 5.51. The third-order valence-corrected chi connectivity index (χ3v) is 3.05. The molecular weight excluding hydrogens is 276 g/mol. The van der Waals surface area contributed by atoms with Crippen molar-refractivity contribution in [2.75, 3.05) is 7.11 Å². The topological polar surface area (TPSA) is 105 Å². The van der Waals surface area contributed by atoms with E-state index in [1.807, 2.05) is 6.92 Å². The van der Waals surface area contributed by atoms with Crippen molar-refractivity contribution in [2.24, 2.45) is 12.8 Å². The number of benzene rings is 1. The van der Waals surface area contributed by atoms with Crippen LogP contribution in [0.5, 0.6) is 17.4 Å². The van der Waals surface area contributed by atoms with Crippen LogP contribution >= 0.6 is 0 Å². The molecule has 8 nitrogen and oxygen atoms in total. The summed E-state index contributed by atoms with van der Waals surface area (Å²) in [5.74, 6) is 0.960. The van der Waals surface area contributed by atoms with E-state index in [2.05, 4.69) is 5.10 Å². The van der Waals surface area contributed by atoms with Gasteiger partial charge in [-0.2, -0.15) is 5.10 Å². The smallest absolute Gasteiger partial charge is 0.314 e. The molecule has 0 aliphatic heterocycles. The number of aryl methyl sites for hydroxylation is 2. The molecule has 1 aromatic heterocycles. The van der Waals surface area contributed by atoms with E-state index in [0.29, 0.717) is 11.6 Å². The van der Waals surface area contributed by atoms with Crippen molar-refractivity contribution in [1.82, 2.24) is 9.78 Å².